The number of hydrogen-bond acceptors (Lipinski definition) is 8. The molecule has 0 heterocycles. The van der Waals surface area contributed by atoms with Crippen LogP contribution < -0.4 is 5.73 Å². The maximum absolute atomic E-state index is 13.4. The Balaban J connectivity index is 2.07. The molecule has 0 saturated heterocycles. The predicted octanol–water partition coefficient (Wildman–Crippen LogP) is 0.320. The lowest BCUT2D eigenvalue weighted by Gasteiger charge is -2.49. The largest absolute Gasteiger partial charge is 0.508 e. The third-order valence-electron chi connectivity index (χ3n) is 6.23. The molecule has 9 nitrogen and oxygen atoms in total. The molecule has 3 aliphatic carbocycles. The molecule has 0 bridgehead atoms. The molecule has 0 aliphatic heterocycles. The van der Waals surface area contributed by atoms with Crippen LogP contribution in [0.4, 0.5) is 0 Å². The van der Waals surface area contributed by atoms with Gasteiger partial charge in [0.05, 0.1) is 5.56 Å². The number of Topliss-reactive ketones (excluding diaryl/α,β-unsaturated/α-hetero) is 2. The minimum absolute atomic E-state index is 0.112. The number of benzene rings is 1. The lowest BCUT2D eigenvalue weighted by Crippen LogP contribution is -2.61. The van der Waals surface area contributed by atoms with Gasteiger partial charge in [-0.05, 0) is 17.2 Å². The highest BCUT2D eigenvalue weighted by Crippen LogP contribution is 2.56. The van der Waals surface area contributed by atoms with Gasteiger partial charge < -0.3 is 31.0 Å². The normalized spacial score (nSPS) is 30.6. The Kier molecular flexibility index (Phi) is 4.01. The maximum atomic E-state index is 13.4. The number of aliphatic hydroxyl groups excluding tert-OH is 2. The van der Waals surface area contributed by atoms with E-state index < -0.39 is 69.9 Å². The molecular weight excluding hydrogens is 394 g/mol. The smallest absolute Gasteiger partial charge is 0.255 e. The van der Waals surface area contributed by atoms with Crippen LogP contribution in [-0.2, 0) is 19.2 Å². The van der Waals surface area contributed by atoms with Crippen molar-refractivity contribution in [2.24, 2.45) is 23.5 Å². The summed E-state index contributed by atoms with van der Waals surface area (Å²) in [5.74, 6) is -9.50. The van der Waals surface area contributed by atoms with E-state index >= 15 is 0 Å². The van der Waals surface area contributed by atoms with E-state index in [4.69, 9.17) is 5.73 Å². The molecule has 4 atom stereocenters. The monoisotopic (exact) mass is 411 g/mol. The molecule has 6 N–H and O–H groups in total. The molecule has 1 fully saturated rings. The highest BCUT2D eigenvalue weighted by atomic mass is 16.3. The van der Waals surface area contributed by atoms with E-state index in [2.05, 4.69) is 6.58 Å². The molecule has 1 aromatic carbocycles. The third kappa shape index (κ3) is 2.15. The van der Waals surface area contributed by atoms with Crippen molar-refractivity contribution >= 4 is 35.1 Å². The van der Waals surface area contributed by atoms with Gasteiger partial charge in [-0.25, -0.2) is 0 Å². The van der Waals surface area contributed by atoms with Gasteiger partial charge in [-0.2, -0.15) is 0 Å². The number of aldehydes is 1. The number of fused-ring (bicyclic) bond motifs is 3. The lowest BCUT2D eigenvalue weighted by molar-refractivity contribution is -0.152. The van der Waals surface area contributed by atoms with Crippen LogP contribution in [0, 0.1) is 17.8 Å². The van der Waals surface area contributed by atoms with E-state index in [0.717, 1.165) is 0 Å². The van der Waals surface area contributed by atoms with Gasteiger partial charge in [0.2, 0.25) is 5.78 Å². The average molecular weight is 411 g/mol. The fourth-order valence-electron chi connectivity index (χ4n) is 4.86. The second-order valence-corrected chi connectivity index (χ2v) is 7.60. The number of aliphatic hydroxyl groups is 3. The van der Waals surface area contributed by atoms with Gasteiger partial charge in [0, 0.05) is 29.7 Å². The van der Waals surface area contributed by atoms with E-state index in [-0.39, 0.29) is 16.9 Å². The van der Waals surface area contributed by atoms with E-state index in [0.29, 0.717) is 11.8 Å². The summed E-state index contributed by atoms with van der Waals surface area (Å²) in [6, 6.07) is 4.30. The van der Waals surface area contributed by atoms with Crippen LogP contribution in [0.5, 0.6) is 5.75 Å². The van der Waals surface area contributed by atoms with Crippen LogP contribution >= 0.6 is 0 Å². The van der Waals surface area contributed by atoms with Crippen LogP contribution in [0.1, 0.15) is 17.5 Å². The third-order valence-corrected chi connectivity index (χ3v) is 6.23. The quantitative estimate of drug-likeness (QED) is 0.341. The van der Waals surface area contributed by atoms with Gasteiger partial charge in [0.25, 0.3) is 5.91 Å². The van der Waals surface area contributed by atoms with Crippen molar-refractivity contribution in [3.63, 3.8) is 0 Å². The molecule has 0 radical (unpaired) electrons. The molecule has 0 aromatic heterocycles. The van der Waals surface area contributed by atoms with Crippen molar-refractivity contribution in [3.05, 3.63) is 52.8 Å². The van der Waals surface area contributed by atoms with Crippen molar-refractivity contribution in [3.8, 4) is 5.75 Å². The zero-order chi connectivity index (χ0) is 22.1. The fraction of sp³-hybridized carbons (Fsp3) is 0.238. The van der Waals surface area contributed by atoms with Gasteiger partial charge in [-0.15, -0.1) is 0 Å². The van der Waals surface area contributed by atoms with E-state index in [9.17, 15) is 39.6 Å². The van der Waals surface area contributed by atoms with Gasteiger partial charge in [-0.3, -0.25) is 14.4 Å². The minimum Gasteiger partial charge on any atom is -0.508 e. The average Bonchev–Trinajstić information content (AvgIpc) is 2.68. The van der Waals surface area contributed by atoms with Gasteiger partial charge in [0.15, 0.2) is 11.4 Å². The summed E-state index contributed by atoms with van der Waals surface area (Å²) in [6.45, 7) is 3.91. The Morgan fingerprint density at radius 3 is 2.50 bits per heavy atom. The van der Waals surface area contributed by atoms with Gasteiger partial charge in [0.1, 0.15) is 29.1 Å². The second-order valence-electron chi connectivity index (χ2n) is 7.60. The van der Waals surface area contributed by atoms with Crippen LogP contribution in [0.25, 0.3) is 11.3 Å². The Hall–Kier alpha value is -3.72. The van der Waals surface area contributed by atoms with E-state index in [1.54, 1.807) is 0 Å². The Morgan fingerprint density at radius 1 is 1.23 bits per heavy atom. The van der Waals surface area contributed by atoms with Crippen molar-refractivity contribution in [2.75, 3.05) is 0 Å². The molecule has 1 aromatic rings. The molecule has 3 aliphatic rings. The number of hydrogen-bond donors (Lipinski definition) is 5. The highest BCUT2D eigenvalue weighted by molar-refractivity contribution is 6.23. The second kappa shape index (κ2) is 6.14. The maximum Gasteiger partial charge on any atom is 0.255 e. The van der Waals surface area contributed by atoms with Crippen LogP contribution in [0.3, 0.4) is 0 Å². The summed E-state index contributed by atoms with van der Waals surface area (Å²) in [6.07, 6.45) is -0.187. The number of nitrogens with two attached hydrogens (primary N) is 1. The molecule has 30 heavy (non-hydrogen) atoms. The first-order valence-electron chi connectivity index (χ1n) is 9.01. The van der Waals surface area contributed by atoms with E-state index in [1.165, 1.54) is 18.2 Å². The van der Waals surface area contributed by atoms with Crippen LogP contribution in [-0.4, -0.2) is 49.8 Å². The number of carbonyl (C=O) groups excluding carboxylic acids is 4. The van der Waals surface area contributed by atoms with Crippen molar-refractivity contribution < 1.29 is 39.6 Å². The summed E-state index contributed by atoms with van der Waals surface area (Å²) in [7, 11) is 0. The van der Waals surface area contributed by atoms with Gasteiger partial charge in [-0.1, -0.05) is 18.7 Å². The molecule has 4 rings (SSSR count). The molecule has 0 spiro atoms. The Labute approximate surface area is 169 Å². The minimum atomic E-state index is -2.83. The van der Waals surface area contributed by atoms with Crippen molar-refractivity contribution in [1.82, 2.24) is 0 Å². The molecule has 0 unspecified atom stereocenters. The first kappa shape index (κ1) is 19.6. The van der Waals surface area contributed by atoms with Crippen molar-refractivity contribution in [2.45, 2.75) is 12.0 Å². The number of rotatable bonds is 2. The van der Waals surface area contributed by atoms with Gasteiger partial charge >= 0.3 is 0 Å². The Bertz CT molecular complexity index is 1140. The summed E-state index contributed by atoms with van der Waals surface area (Å²) in [5, 5.41) is 42.8. The summed E-state index contributed by atoms with van der Waals surface area (Å²) >= 11 is 0. The molecule has 1 saturated carbocycles. The number of ketones is 2. The molecule has 1 amide bonds. The highest BCUT2D eigenvalue weighted by Gasteiger charge is 2.64. The molecule has 154 valence electrons. The predicted molar refractivity (Wildman–Crippen MR) is 102 cm³/mol. The summed E-state index contributed by atoms with van der Waals surface area (Å²) < 4.78 is 0. The number of primary amides is 1. The number of allylic oxidation sites excluding steroid dienone is 1. The van der Waals surface area contributed by atoms with E-state index in [1.807, 2.05) is 0 Å². The van der Waals surface area contributed by atoms with Crippen LogP contribution in [0.15, 0.2) is 41.7 Å². The number of phenols is 1. The number of aromatic hydroxyl groups is 1. The Morgan fingerprint density at radius 2 is 1.90 bits per heavy atom. The lowest BCUT2D eigenvalue weighted by atomic mass is 9.54. The number of amides is 1. The molecular formula is C21H17NO8. The fourth-order valence-corrected chi connectivity index (χ4v) is 4.86. The number of carbonyl (C=O) groups is 4. The number of phenolic OH excluding ortho intramolecular Hbond substituents is 1. The molecule has 9 heteroatoms. The summed E-state index contributed by atoms with van der Waals surface area (Å²) in [5.41, 5.74) is 1.33. The summed E-state index contributed by atoms with van der Waals surface area (Å²) in [4.78, 5) is 49.5. The SMILES string of the molecule is C=C1c2cccc(O)c2C(O)=C2C(=O)[C@]3(O)C(O)=C(C(N)=O)C(=O)C[C@@H]3[C@@H](C=O)[C@H]12. The van der Waals surface area contributed by atoms with Crippen LogP contribution in [0.2, 0.25) is 0 Å². The first-order chi connectivity index (χ1) is 14.1. The zero-order valence-electron chi connectivity index (χ0n) is 15.5. The first-order valence-corrected chi connectivity index (χ1v) is 9.01. The van der Waals surface area contributed by atoms with Crippen molar-refractivity contribution in [1.29, 1.82) is 0 Å². The topological polar surface area (TPSA) is 175 Å². The zero-order valence-corrected chi connectivity index (χ0v) is 15.5. The standard InChI is InChI=1S/C21H17NO8/c1-7-8-3-2-4-11(24)14(8)17(26)16-13(7)9(6-23)10-5-12(25)15(20(22)29)18(27)21(10,30)19(16)28/h2-4,6,9-10,13,24,26-27,30H,1,5H2,(H2,22,29)/t9-,10-,13+,21-/m1/s1.